The number of aromatic amines is 1. The first-order valence-corrected chi connectivity index (χ1v) is 6.00. The number of anilines is 2. The lowest BCUT2D eigenvalue weighted by molar-refractivity contribution is -0.122. The third-order valence-corrected chi connectivity index (χ3v) is 2.10. The number of aromatic nitrogens is 3. The zero-order valence-corrected chi connectivity index (χ0v) is 11.7. The summed E-state index contributed by atoms with van der Waals surface area (Å²) in [5.74, 6) is 7.08. The van der Waals surface area contributed by atoms with E-state index in [9.17, 15) is 4.79 Å². The highest BCUT2D eigenvalue weighted by molar-refractivity contribution is 5.80. The summed E-state index contributed by atoms with van der Waals surface area (Å²) in [5, 5.41) is 9.00. The Bertz CT molecular complexity index is 329. The lowest BCUT2D eigenvalue weighted by atomic mass is 9.99. The number of hydrazine groups is 1. The van der Waals surface area contributed by atoms with Gasteiger partial charge in [-0.05, 0) is 5.92 Å². The molecule has 0 aliphatic carbocycles. The summed E-state index contributed by atoms with van der Waals surface area (Å²) in [6.07, 6.45) is 0.734. The molecule has 5 N–H and O–H groups in total. The van der Waals surface area contributed by atoms with Crippen LogP contribution in [0.5, 0.6) is 0 Å². The number of H-pyrrole nitrogens is 1. The van der Waals surface area contributed by atoms with Crippen molar-refractivity contribution in [2.24, 2.45) is 17.7 Å². The standard InChI is InChI=1S/C8H16O.C3H8N6/c1-6(2)5-8(9)7(3)4;1-5-2-6-3(7-4)9-8-2/h6-7H,5H2,1-4H3;4H2,1H3,(H3,5,6,7,8,9). The van der Waals surface area contributed by atoms with E-state index in [-0.39, 0.29) is 5.92 Å². The molecule has 0 spiro atoms. The first kappa shape index (κ1) is 16.4. The molecule has 1 heterocycles. The third kappa shape index (κ3) is 6.85. The molecule has 1 aromatic heterocycles. The van der Waals surface area contributed by atoms with E-state index < -0.39 is 0 Å². The number of carbonyl (C=O) groups is 1. The molecule has 0 unspecified atom stereocenters. The molecule has 0 amide bonds. The minimum absolute atomic E-state index is 0.215. The molecule has 0 saturated carbocycles. The monoisotopic (exact) mass is 256 g/mol. The minimum Gasteiger partial charge on any atom is -0.356 e. The predicted octanol–water partition coefficient (Wildman–Crippen LogP) is 1.39. The van der Waals surface area contributed by atoms with Gasteiger partial charge in [0.2, 0.25) is 11.9 Å². The van der Waals surface area contributed by atoms with Crippen LogP contribution >= 0.6 is 0 Å². The molecule has 0 radical (unpaired) electrons. The van der Waals surface area contributed by atoms with Gasteiger partial charge in [0.25, 0.3) is 0 Å². The predicted molar refractivity (Wildman–Crippen MR) is 73.0 cm³/mol. The van der Waals surface area contributed by atoms with Gasteiger partial charge >= 0.3 is 0 Å². The van der Waals surface area contributed by atoms with E-state index in [0.717, 1.165) is 6.42 Å². The van der Waals surface area contributed by atoms with E-state index in [1.54, 1.807) is 7.05 Å². The van der Waals surface area contributed by atoms with Crippen LogP contribution in [-0.4, -0.2) is 28.0 Å². The van der Waals surface area contributed by atoms with E-state index in [1.165, 1.54) is 0 Å². The van der Waals surface area contributed by atoms with Crippen LogP contribution in [0.25, 0.3) is 0 Å². The summed E-state index contributed by atoms with van der Waals surface area (Å²) in [4.78, 5) is 14.8. The first-order chi connectivity index (χ1) is 8.40. The quantitative estimate of drug-likeness (QED) is 0.468. The number of hydrogen-bond donors (Lipinski definition) is 4. The molecule has 104 valence electrons. The summed E-state index contributed by atoms with van der Waals surface area (Å²) in [6, 6.07) is 0. The lowest BCUT2D eigenvalue weighted by Gasteiger charge is -2.05. The molecular formula is C11H24N6O. The van der Waals surface area contributed by atoms with Gasteiger partial charge in [-0.2, -0.15) is 4.98 Å². The summed E-state index contributed by atoms with van der Waals surface area (Å²) in [7, 11) is 1.73. The third-order valence-electron chi connectivity index (χ3n) is 2.10. The van der Waals surface area contributed by atoms with Gasteiger partial charge in [-0.1, -0.05) is 27.7 Å². The number of nitrogens with zero attached hydrogens (tertiary/aromatic N) is 2. The molecule has 0 aromatic carbocycles. The number of carbonyl (C=O) groups excluding carboxylic acids is 1. The van der Waals surface area contributed by atoms with E-state index in [4.69, 9.17) is 5.84 Å². The fraction of sp³-hybridized carbons (Fsp3) is 0.727. The lowest BCUT2D eigenvalue weighted by Crippen LogP contribution is -2.09. The van der Waals surface area contributed by atoms with Gasteiger partial charge in [0, 0.05) is 19.4 Å². The van der Waals surface area contributed by atoms with Crippen molar-refractivity contribution < 1.29 is 4.79 Å². The number of rotatable bonds is 5. The number of ketones is 1. The Hall–Kier alpha value is -1.63. The van der Waals surface area contributed by atoms with Crippen molar-refractivity contribution in [3.63, 3.8) is 0 Å². The van der Waals surface area contributed by atoms with Gasteiger partial charge in [-0.15, -0.1) is 5.10 Å². The van der Waals surface area contributed by atoms with E-state index >= 15 is 0 Å². The average Bonchev–Trinajstić information content (AvgIpc) is 2.76. The fourth-order valence-corrected chi connectivity index (χ4v) is 1.08. The maximum atomic E-state index is 11.0. The van der Waals surface area contributed by atoms with Gasteiger partial charge in [-0.25, -0.2) is 10.9 Å². The van der Waals surface area contributed by atoms with Gasteiger partial charge in [0.15, 0.2) is 0 Å². The largest absolute Gasteiger partial charge is 0.356 e. The van der Waals surface area contributed by atoms with Crippen LogP contribution in [0, 0.1) is 11.8 Å². The number of nitrogens with one attached hydrogen (secondary N) is 3. The molecule has 0 bridgehead atoms. The maximum absolute atomic E-state index is 11.0. The van der Waals surface area contributed by atoms with Crippen molar-refractivity contribution in [3.05, 3.63) is 0 Å². The summed E-state index contributed by atoms with van der Waals surface area (Å²) < 4.78 is 0. The molecule has 1 rings (SSSR count). The molecule has 1 aromatic rings. The molecule has 0 fully saturated rings. The smallest absolute Gasteiger partial charge is 0.243 e. The minimum atomic E-state index is 0.215. The Kier molecular flexibility index (Phi) is 7.69. The van der Waals surface area contributed by atoms with Gasteiger partial charge in [-0.3, -0.25) is 10.2 Å². The Labute approximate surface area is 108 Å². The average molecular weight is 256 g/mol. The Morgan fingerprint density at radius 1 is 1.39 bits per heavy atom. The van der Waals surface area contributed by atoms with Crippen molar-refractivity contribution >= 4 is 17.7 Å². The van der Waals surface area contributed by atoms with Gasteiger partial charge in [0.05, 0.1) is 0 Å². The second-order valence-electron chi connectivity index (χ2n) is 4.62. The van der Waals surface area contributed by atoms with Crippen LogP contribution in [0.15, 0.2) is 0 Å². The van der Waals surface area contributed by atoms with E-state index in [2.05, 4.69) is 39.8 Å². The normalized spacial score (nSPS) is 10.0. The van der Waals surface area contributed by atoms with Crippen molar-refractivity contribution in [3.8, 4) is 0 Å². The Balaban J connectivity index is 0.000000321. The second kappa shape index (κ2) is 8.46. The van der Waals surface area contributed by atoms with Gasteiger partial charge in [0.1, 0.15) is 5.78 Å². The summed E-state index contributed by atoms with van der Waals surface area (Å²) >= 11 is 0. The zero-order valence-electron chi connectivity index (χ0n) is 11.7. The number of Topliss-reactive ketones (excluding diaryl/α,β-unsaturated/α-hetero) is 1. The van der Waals surface area contributed by atoms with Crippen LogP contribution in [-0.2, 0) is 4.79 Å². The van der Waals surface area contributed by atoms with Gasteiger partial charge < -0.3 is 5.32 Å². The molecular weight excluding hydrogens is 232 g/mol. The molecule has 18 heavy (non-hydrogen) atoms. The Morgan fingerprint density at radius 3 is 2.22 bits per heavy atom. The van der Waals surface area contributed by atoms with E-state index in [0.29, 0.717) is 23.6 Å². The SMILES string of the molecule is CC(C)CC(=O)C(C)C.CNc1n[nH]c(NN)n1. The van der Waals surface area contributed by atoms with Crippen LogP contribution in [0.2, 0.25) is 0 Å². The fourth-order valence-electron chi connectivity index (χ4n) is 1.08. The van der Waals surface area contributed by atoms with Crippen molar-refractivity contribution in [1.29, 1.82) is 0 Å². The molecule has 0 aliphatic rings. The van der Waals surface area contributed by atoms with Crippen LogP contribution in [0.1, 0.15) is 34.1 Å². The zero-order chi connectivity index (χ0) is 14.1. The number of nitrogens with two attached hydrogens (primary N) is 1. The van der Waals surface area contributed by atoms with Crippen molar-refractivity contribution in [2.75, 3.05) is 17.8 Å². The molecule has 0 saturated heterocycles. The van der Waals surface area contributed by atoms with Crippen LogP contribution in [0.4, 0.5) is 11.9 Å². The highest BCUT2D eigenvalue weighted by atomic mass is 16.1. The molecule has 0 aliphatic heterocycles. The second-order valence-corrected chi connectivity index (χ2v) is 4.62. The first-order valence-electron chi connectivity index (χ1n) is 6.00. The van der Waals surface area contributed by atoms with Crippen LogP contribution in [0.3, 0.4) is 0 Å². The molecule has 7 nitrogen and oxygen atoms in total. The van der Waals surface area contributed by atoms with Crippen molar-refractivity contribution in [2.45, 2.75) is 34.1 Å². The number of nitrogen functional groups attached to an aromatic ring is 1. The van der Waals surface area contributed by atoms with E-state index in [1.807, 2.05) is 13.8 Å². The topological polar surface area (TPSA) is 109 Å². The summed E-state index contributed by atoms with van der Waals surface area (Å²) in [6.45, 7) is 8.04. The van der Waals surface area contributed by atoms with Crippen molar-refractivity contribution in [1.82, 2.24) is 15.2 Å². The Morgan fingerprint density at radius 2 is 2.00 bits per heavy atom. The highest BCUT2D eigenvalue weighted by Crippen LogP contribution is 2.06. The highest BCUT2D eigenvalue weighted by Gasteiger charge is 2.07. The maximum Gasteiger partial charge on any atom is 0.243 e. The molecule has 7 heteroatoms. The summed E-state index contributed by atoms with van der Waals surface area (Å²) in [5.41, 5.74) is 2.31. The number of hydrogen-bond acceptors (Lipinski definition) is 6. The van der Waals surface area contributed by atoms with Crippen LogP contribution < -0.4 is 16.6 Å². The molecule has 0 atom stereocenters.